The second-order valence-corrected chi connectivity index (χ2v) is 7.16. The van der Waals surface area contributed by atoms with Gasteiger partial charge in [-0.1, -0.05) is 34.1 Å². The zero-order valence-electron chi connectivity index (χ0n) is 15.2. The third-order valence-corrected chi connectivity index (χ3v) is 4.68. The van der Waals surface area contributed by atoms with Crippen LogP contribution in [0.15, 0.2) is 57.8 Å². The minimum Gasteiger partial charge on any atom is -0.354 e. The molecule has 8 heteroatoms. The normalized spacial score (nSPS) is 10.6. The molecule has 0 spiro atoms. The van der Waals surface area contributed by atoms with Gasteiger partial charge in [-0.15, -0.1) is 0 Å². The van der Waals surface area contributed by atoms with Crippen molar-refractivity contribution in [3.05, 3.63) is 69.1 Å². The summed E-state index contributed by atoms with van der Waals surface area (Å²) in [6.45, 7) is 1.77. The second-order valence-electron chi connectivity index (χ2n) is 6.25. The first-order valence-electron chi connectivity index (χ1n) is 8.72. The van der Waals surface area contributed by atoms with Gasteiger partial charge < -0.3 is 10.6 Å². The van der Waals surface area contributed by atoms with Crippen molar-refractivity contribution in [3.8, 4) is 0 Å². The van der Waals surface area contributed by atoms with E-state index in [4.69, 9.17) is 0 Å². The van der Waals surface area contributed by atoms with Gasteiger partial charge in [0.15, 0.2) is 0 Å². The molecule has 0 aliphatic heterocycles. The molecular weight excluding hydrogens is 424 g/mol. The lowest BCUT2D eigenvalue weighted by Gasteiger charge is -2.09. The predicted octanol–water partition coefficient (Wildman–Crippen LogP) is 2.61. The molecule has 0 aliphatic carbocycles. The van der Waals surface area contributed by atoms with Crippen molar-refractivity contribution in [1.82, 2.24) is 15.1 Å². The first-order chi connectivity index (χ1) is 13.4. The van der Waals surface area contributed by atoms with Crippen LogP contribution in [0.25, 0.3) is 10.8 Å². The molecule has 1 heterocycles. The molecule has 0 bridgehead atoms. The molecule has 0 radical (unpaired) electrons. The third kappa shape index (κ3) is 4.83. The van der Waals surface area contributed by atoms with E-state index in [1.54, 1.807) is 31.2 Å². The van der Waals surface area contributed by atoms with E-state index in [-0.39, 0.29) is 36.9 Å². The Morgan fingerprint density at radius 1 is 1.04 bits per heavy atom. The molecule has 2 amide bonds. The molecule has 2 N–H and O–H groups in total. The number of carbonyl (C=O) groups excluding carboxylic acids is 2. The molecule has 3 aromatic rings. The number of nitrogens with one attached hydrogen (secondary N) is 2. The van der Waals surface area contributed by atoms with Crippen molar-refractivity contribution in [2.45, 2.75) is 19.9 Å². The van der Waals surface area contributed by atoms with E-state index in [1.165, 1.54) is 0 Å². The van der Waals surface area contributed by atoms with E-state index in [2.05, 4.69) is 31.7 Å². The van der Waals surface area contributed by atoms with E-state index in [0.29, 0.717) is 16.8 Å². The lowest BCUT2D eigenvalue weighted by Crippen LogP contribution is -2.35. The lowest BCUT2D eigenvalue weighted by atomic mass is 10.1. The molecule has 144 valence electrons. The smallest absolute Gasteiger partial charge is 0.275 e. The number of nitrogens with zero attached hydrogens (tertiary/aromatic N) is 2. The molecular formula is C20H19BrN4O3. The van der Waals surface area contributed by atoms with Crippen molar-refractivity contribution in [3.63, 3.8) is 0 Å². The van der Waals surface area contributed by atoms with Crippen LogP contribution in [-0.2, 0) is 16.1 Å². The average Bonchev–Trinajstić information content (AvgIpc) is 2.68. The quantitative estimate of drug-likeness (QED) is 0.613. The average molecular weight is 443 g/mol. The molecule has 0 atom stereocenters. The summed E-state index contributed by atoms with van der Waals surface area (Å²) in [6, 6.07) is 14.4. The molecule has 28 heavy (non-hydrogen) atoms. The van der Waals surface area contributed by atoms with Crippen LogP contribution in [0.5, 0.6) is 0 Å². The number of aryl methyl sites for hydroxylation is 1. The van der Waals surface area contributed by atoms with Crippen molar-refractivity contribution >= 4 is 44.2 Å². The lowest BCUT2D eigenvalue weighted by molar-refractivity contribution is -0.122. The number of rotatable bonds is 6. The Bertz CT molecular complexity index is 1080. The summed E-state index contributed by atoms with van der Waals surface area (Å²) in [5, 5.41) is 10.9. The van der Waals surface area contributed by atoms with E-state index in [1.807, 2.05) is 24.3 Å². The van der Waals surface area contributed by atoms with Gasteiger partial charge in [0, 0.05) is 28.5 Å². The van der Waals surface area contributed by atoms with Crippen LogP contribution in [0.1, 0.15) is 12.1 Å². The highest BCUT2D eigenvalue weighted by Gasteiger charge is 2.11. The zero-order valence-corrected chi connectivity index (χ0v) is 16.8. The van der Waals surface area contributed by atoms with Crippen LogP contribution >= 0.6 is 15.9 Å². The number of aromatic nitrogens is 2. The summed E-state index contributed by atoms with van der Waals surface area (Å²) in [5.41, 5.74) is 1.04. The Kier molecular flexibility index (Phi) is 6.20. The number of anilines is 1. The first-order valence-corrected chi connectivity index (χ1v) is 9.52. The maximum absolute atomic E-state index is 12.5. The molecule has 0 fully saturated rings. The highest BCUT2D eigenvalue weighted by Crippen LogP contribution is 2.14. The van der Waals surface area contributed by atoms with Gasteiger partial charge in [-0.2, -0.15) is 5.10 Å². The van der Waals surface area contributed by atoms with Crippen LogP contribution in [0, 0.1) is 6.92 Å². The Labute approximate surface area is 169 Å². The molecule has 3 rings (SSSR count). The second kappa shape index (κ2) is 8.79. The maximum Gasteiger partial charge on any atom is 0.275 e. The Balaban J connectivity index is 1.54. The molecule has 7 nitrogen and oxygen atoms in total. The molecule has 0 aliphatic rings. The molecule has 0 saturated carbocycles. The molecule has 0 unspecified atom stereocenters. The summed E-state index contributed by atoms with van der Waals surface area (Å²) < 4.78 is 2.07. The number of fused-ring (bicyclic) bond motifs is 1. The van der Waals surface area contributed by atoms with Crippen molar-refractivity contribution in [2.75, 3.05) is 11.9 Å². The van der Waals surface area contributed by atoms with E-state index < -0.39 is 0 Å². The van der Waals surface area contributed by atoms with Gasteiger partial charge in [0.1, 0.15) is 6.54 Å². The van der Waals surface area contributed by atoms with Crippen LogP contribution in [0.4, 0.5) is 5.69 Å². The maximum atomic E-state index is 12.5. The number of amides is 2. The first kappa shape index (κ1) is 19.8. The van der Waals surface area contributed by atoms with Crippen LogP contribution in [-0.4, -0.2) is 28.1 Å². The van der Waals surface area contributed by atoms with Crippen molar-refractivity contribution < 1.29 is 9.59 Å². The Hall–Kier alpha value is -3.00. The van der Waals surface area contributed by atoms with Gasteiger partial charge in [-0.05, 0) is 37.3 Å². The van der Waals surface area contributed by atoms with Gasteiger partial charge in [0.2, 0.25) is 11.8 Å². The summed E-state index contributed by atoms with van der Waals surface area (Å²) in [6.07, 6.45) is 0.126. The summed E-state index contributed by atoms with van der Waals surface area (Å²) >= 11 is 3.33. The highest BCUT2D eigenvalue weighted by molar-refractivity contribution is 9.10. The largest absolute Gasteiger partial charge is 0.354 e. The Morgan fingerprint density at radius 2 is 1.71 bits per heavy atom. The van der Waals surface area contributed by atoms with Crippen LogP contribution in [0.3, 0.4) is 0 Å². The number of carbonyl (C=O) groups is 2. The van der Waals surface area contributed by atoms with Gasteiger partial charge in [-0.3, -0.25) is 14.4 Å². The highest BCUT2D eigenvalue weighted by atomic mass is 79.9. The number of halogens is 1. The summed E-state index contributed by atoms with van der Waals surface area (Å²) in [4.78, 5) is 36.6. The van der Waals surface area contributed by atoms with E-state index >= 15 is 0 Å². The van der Waals surface area contributed by atoms with Gasteiger partial charge in [0.25, 0.3) is 5.56 Å². The van der Waals surface area contributed by atoms with Crippen molar-refractivity contribution in [2.24, 2.45) is 0 Å². The fourth-order valence-electron chi connectivity index (χ4n) is 2.78. The monoisotopic (exact) mass is 442 g/mol. The molecule has 2 aromatic carbocycles. The van der Waals surface area contributed by atoms with Crippen LogP contribution in [0.2, 0.25) is 0 Å². The van der Waals surface area contributed by atoms with E-state index in [0.717, 1.165) is 14.5 Å². The number of benzene rings is 2. The van der Waals surface area contributed by atoms with Gasteiger partial charge in [0.05, 0.1) is 11.1 Å². The fourth-order valence-corrected chi connectivity index (χ4v) is 3.04. The zero-order chi connectivity index (χ0) is 20.1. The topological polar surface area (TPSA) is 93.1 Å². The summed E-state index contributed by atoms with van der Waals surface area (Å²) in [5.74, 6) is -0.583. The predicted molar refractivity (Wildman–Crippen MR) is 111 cm³/mol. The molecule has 0 saturated heterocycles. The standard InChI is InChI=1S/C20H19BrN4O3/c1-13-16-4-2-3-5-17(16)20(28)25(24-13)12-19(27)22-11-10-18(26)23-15-8-6-14(21)7-9-15/h2-9H,10-12H2,1H3,(H,22,27)(H,23,26). The van der Waals surface area contributed by atoms with E-state index in [9.17, 15) is 14.4 Å². The minimum absolute atomic E-state index is 0.126. The van der Waals surface area contributed by atoms with Gasteiger partial charge >= 0.3 is 0 Å². The fraction of sp³-hybridized carbons (Fsp3) is 0.200. The third-order valence-electron chi connectivity index (χ3n) is 4.15. The van der Waals surface area contributed by atoms with Crippen LogP contribution < -0.4 is 16.2 Å². The molecule has 1 aromatic heterocycles. The van der Waals surface area contributed by atoms with Gasteiger partial charge in [-0.25, -0.2) is 4.68 Å². The van der Waals surface area contributed by atoms with Crippen molar-refractivity contribution in [1.29, 1.82) is 0 Å². The minimum atomic E-state index is -0.374. The Morgan fingerprint density at radius 3 is 2.43 bits per heavy atom. The SMILES string of the molecule is Cc1nn(CC(=O)NCCC(=O)Nc2ccc(Br)cc2)c(=O)c2ccccc12. The summed E-state index contributed by atoms with van der Waals surface area (Å²) in [7, 11) is 0. The number of hydrogen-bond acceptors (Lipinski definition) is 4. The number of hydrogen-bond donors (Lipinski definition) is 2.